The first-order valence-corrected chi connectivity index (χ1v) is 5.47. The summed E-state index contributed by atoms with van der Waals surface area (Å²) >= 11 is 5.80. The molecule has 0 aliphatic heterocycles. The van der Waals surface area contributed by atoms with Crippen LogP contribution >= 0.6 is 11.6 Å². The molecule has 1 atom stereocenters. The highest BCUT2D eigenvalue weighted by Gasteiger charge is 2.11. The van der Waals surface area contributed by atoms with Crippen molar-refractivity contribution >= 4 is 11.6 Å². The van der Waals surface area contributed by atoms with Crippen LogP contribution in [0.2, 0.25) is 5.02 Å². The van der Waals surface area contributed by atoms with Crippen molar-refractivity contribution in [2.24, 2.45) is 0 Å². The molecule has 2 heterocycles. The maximum atomic E-state index is 5.80. The average molecular weight is 237 g/mol. The molecule has 1 N–H and O–H groups in total. The van der Waals surface area contributed by atoms with Gasteiger partial charge in [0.2, 0.25) is 0 Å². The monoisotopic (exact) mass is 236 g/mol. The van der Waals surface area contributed by atoms with Gasteiger partial charge in [-0.15, -0.1) is 0 Å². The van der Waals surface area contributed by atoms with Crippen molar-refractivity contribution in [2.75, 3.05) is 7.05 Å². The van der Waals surface area contributed by atoms with Crippen LogP contribution < -0.4 is 5.32 Å². The molecule has 0 aromatic carbocycles. The first-order valence-electron chi connectivity index (χ1n) is 5.09. The number of pyridine rings is 1. The molecule has 0 spiro atoms. The summed E-state index contributed by atoms with van der Waals surface area (Å²) in [5, 5.41) is 3.88. The van der Waals surface area contributed by atoms with Gasteiger partial charge in [-0.25, -0.2) is 0 Å². The van der Waals surface area contributed by atoms with E-state index in [9.17, 15) is 0 Å². The fourth-order valence-corrected chi connectivity index (χ4v) is 1.70. The molecule has 2 aromatic rings. The number of nitrogens with zero attached hydrogens (tertiary/aromatic N) is 1. The molecule has 0 aliphatic rings. The van der Waals surface area contributed by atoms with Gasteiger partial charge in [0.25, 0.3) is 0 Å². The van der Waals surface area contributed by atoms with Crippen LogP contribution in [0.5, 0.6) is 0 Å². The molecular weight excluding hydrogens is 224 g/mol. The van der Waals surface area contributed by atoms with E-state index in [1.165, 1.54) is 0 Å². The Kier molecular flexibility index (Phi) is 3.59. The van der Waals surface area contributed by atoms with Gasteiger partial charge < -0.3 is 9.73 Å². The fourth-order valence-electron chi connectivity index (χ4n) is 1.59. The summed E-state index contributed by atoms with van der Waals surface area (Å²) in [5.41, 5.74) is 2.13. The summed E-state index contributed by atoms with van der Waals surface area (Å²) in [7, 11) is 1.92. The topological polar surface area (TPSA) is 38.1 Å². The van der Waals surface area contributed by atoms with Gasteiger partial charge in [0.15, 0.2) is 0 Å². The number of hydrogen-bond donors (Lipinski definition) is 1. The van der Waals surface area contributed by atoms with Crippen LogP contribution in [0, 0.1) is 0 Å². The molecule has 0 radical (unpaired) electrons. The summed E-state index contributed by atoms with van der Waals surface area (Å²) < 4.78 is 5.05. The van der Waals surface area contributed by atoms with Crippen LogP contribution in [0.4, 0.5) is 0 Å². The Morgan fingerprint density at radius 3 is 2.88 bits per heavy atom. The lowest BCUT2D eigenvalue weighted by molar-refractivity contribution is 0.547. The van der Waals surface area contributed by atoms with Crippen molar-refractivity contribution in [2.45, 2.75) is 12.5 Å². The molecule has 84 valence electrons. The summed E-state index contributed by atoms with van der Waals surface area (Å²) in [6, 6.07) is 5.92. The van der Waals surface area contributed by atoms with Crippen molar-refractivity contribution in [3.05, 3.63) is 53.2 Å². The molecule has 0 saturated heterocycles. The minimum Gasteiger partial charge on any atom is -0.472 e. The number of likely N-dealkylation sites (N-methyl/N-ethyl adjacent to an activating group) is 1. The highest BCUT2D eigenvalue weighted by molar-refractivity contribution is 6.30. The van der Waals surface area contributed by atoms with Gasteiger partial charge >= 0.3 is 0 Å². The van der Waals surface area contributed by atoms with E-state index in [0.717, 1.165) is 17.7 Å². The van der Waals surface area contributed by atoms with Crippen LogP contribution in [0.1, 0.15) is 17.3 Å². The lowest BCUT2D eigenvalue weighted by Crippen LogP contribution is -2.19. The van der Waals surface area contributed by atoms with Gasteiger partial charge in [0, 0.05) is 6.20 Å². The Balaban J connectivity index is 2.13. The van der Waals surface area contributed by atoms with E-state index in [0.29, 0.717) is 5.02 Å². The summed E-state index contributed by atoms with van der Waals surface area (Å²) in [5.74, 6) is 0. The molecule has 2 rings (SSSR count). The van der Waals surface area contributed by atoms with E-state index in [-0.39, 0.29) is 6.04 Å². The second-order valence-corrected chi connectivity index (χ2v) is 4.01. The smallest absolute Gasteiger partial charge is 0.0935 e. The van der Waals surface area contributed by atoms with Gasteiger partial charge in [-0.1, -0.05) is 11.6 Å². The van der Waals surface area contributed by atoms with E-state index >= 15 is 0 Å². The first-order chi connectivity index (χ1) is 7.79. The highest BCUT2D eigenvalue weighted by atomic mass is 35.5. The second kappa shape index (κ2) is 5.14. The van der Waals surface area contributed by atoms with Gasteiger partial charge in [-0.2, -0.15) is 0 Å². The second-order valence-electron chi connectivity index (χ2n) is 3.58. The summed E-state index contributed by atoms with van der Waals surface area (Å²) in [6.45, 7) is 0. The van der Waals surface area contributed by atoms with E-state index in [4.69, 9.17) is 16.0 Å². The van der Waals surface area contributed by atoms with Crippen molar-refractivity contribution < 1.29 is 4.42 Å². The molecule has 2 aromatic heterocycles. The molecule has 4 heteroatoms. The Bertz CT molecular complexity index is 425. The zero-order valence-corrected chi connectivity index (χ0v) is 9.74. The number of rotatable bonds is 4. The molecule has 1 unspecified atom stereocenters. The fraction of sp³-hybridized carbons (Fsp3) is 0.250. The highest BCUT2D eigenvalue weighted by Crippen LogP contribution is 2.17. The number of aromatic nitrogens is 1. The predicted molar refractivity (Wildman–Crippen MR) is 63.5 cm³/mol. The van der Waals surface area contributed by atoms with Crippen LogP contribution in [0.15, 0.2) is 41.3 Å². The normalized spacial score (nSPS) is 12.6. The van der Waals surface area contributed by atoms with Crippen LogP contribution in [-0.2, 0) is 6.42 Å². The van der Waals surface area contributed by atoms with Crippen LogP contribution in [0.3, 0.4) is 0 Å². The van der Waals surface area contributed by atoms with Crippen LogP contribution in [0.25, 0.3) is 0 Å². The summed E-state index contributed by atoms with van der Waals surface area (Å²) in [4.78, 5) is 4.30. The Morgan fingerprint density at radius 1 is 1.44 bits per heavy atom. The third kappa shape index (κ3) is 2.62. The van der Waals surface area contributed by atoms with E-state index < -0.39 is 0 Å². The van der Waals surface area contributed by atoms with Gasteiger partial charge in [0.1, 0.15) is 0 Å². The number of hydrogen-bond acceptors (Lipinski definition) is 3. The molecule has 0 amide bonds. The van der Waals surface area contributed by atoms with Crippen LogP contribution in [-0.4, -0.2) is 12.0 Å². The average Bonchev–Trinajstić information content (AvgIpc) is 2.80. The maximum absolute atomic E-state index is 5.80. The number of nitrogens with one attached hydrogen (secondary N) is 1. The third-order valence-electron chi connectivity index (χ3n) is 2.48. The Hall–Kier alpha value is -1.32. The van der Waals surface area contributed by atoms with Gasteiger partial charge in [0.05, 0.1) is 29.3 Å². The molecule has 3 nitrogen and oxygen atoms in total. The Labute approximate surface area is 99.5 Å². The molecule has 0 bridgehead atoms. The minimum atomic E-state index is 0.176. The van der Waals surface area contributed by atoms with Crippen molar-refractivity contribution in [3.63, 3.8) is 0 Å². The third-order valence-corrected chi connectivity index (χ3v) is 2.70. The zero-order valence-electron chi connectivity index (χ0n) is 8.98. The standard InChI is InChI=1S/C12H13ClN2O/c1-14-12(6-9-4-5-16-8-9)11-3-2-10(13)7-15-11/h2-5,7-8,12,14H,6H2,1H3. The minimum absolute atomic E-state index is 0.176. The predicted octanol–water partition coefficient (Wildman–Crippen LogP) is 2.83. The van der Waals surface area contributed by atoms with Crippen molar-refractivity contribution in [1.82, 2.24) is 10.3 Å². The van der Waals surface area contributed by atoms with Gasteiger partial charge in [-0.3, -0.25) is 4.98 Å². The van der Waals surface area contributed by atoms with E-state index in [1.807, 2.05) is 25.2 Å². The quantitative estimate of drug-likeness (QED) is 0.887. The molecule has 0 aliphatic carbocycles. The van der Waals surface area contributed by atoms with E-state index in [1.54, 1.807) is 18.7 Å². The number of furan rings is 1. The van der Waals surface area contributed by atoms with Gasteiger partial charge in [-0.05, 0) is 37.2 Å². The van der Waals surface area contributed by atoms with E-state index in [2.05, 4.69) is 10.3 Å². The Morgan fingerprint density at radius 2 is 2.31 bits per heavy atom. The van der Waals surface area contributed by atoms with Crippen molar-refractivity contribution in [3.8, 4) is 0 Å². The summed E-state index contributed by atoms with van der Waals surface area (Å²) in [6.07, 6.45) is 5.94. The molecule has 16 heavy (non-hydrogen) atoms. The lowest BCUT2D eigenvalue weighted by Gasteiger charge is -2.14. The largest absolute Gasteiger partial charge is 0.472 e. The molecular formula is C12H13ClN2O. The van der Waals surface area contributed by atoms with Crippen molar-refractivity contribution in [1.29, 1.82) is 0 Å². The SMILES string of the molecule is CNC(Cc1ccoc1)c1ccc(Cl)cn1. The number of halogens is 1. The lowest BCUT2D eigenvalue weighted by atomic mass is 10.1. The first kappa shape index (κ1) is 11.2. The maximum Gasteiger partial charge on any atom is 0.0935 e. The molecule has 0 saturated carbocycles. The zero-order chi connectivity index (χ0) is 11.4. The molecule has 0 fully saturated rings.